The van der Waals surface area contributed by atoms with E-state index in [9.17, 15) is 13.2 Å². The number of ether oxygens (including phenoxy) is 2. The van der Waals surface area contributed by atoms with Crippen molar-refractivity contribution in [2.45, 2.75) is 25.6 Å². The number of imidazole rings is 1. The zero-order chi connectivity index (χ0) is 20.1. The Kier molecular flexibility index (Phi) is 5.92. The molecule has 2 aromatic carbocycles. The predicted octanol–water partition coefficient (Wildman–Crippen LogP) is 5.26. The number of benzene rings is 2. The summed E-state index contributed by atoms with van der Waals surface area (Å²) < 4.78 is 52.2. The molecule has 3 aromatic rings. The number of alkyl halides is 3. The third-order valence-electron chi connectivity index (χ3n) is 4.30. The van der Waals surface area contributed by atoms with Gasteiger partial charge in [-0.1, -0.05) is 24.3 Å². The molecule has 0 aliphatic heterocycles. The van der Waals surface area contributed by atoms with E-state index in [4.69, 9.17) is 9.47 Å². The van der Waals surface area contributed by atoms with Crippen LogP contribution < -0.4 is 9.47 Å². The number of hydrogen-bond donors (Lipinski definition) is 0. The Bertz CT molecular complexity index is 964. The van der Waals surface area contributed by atoms with Crippen molar-refractivity contribution in [2.75, 3.05) is 13.7 Å². The van der Waals surface area contributed by atoms with E-state index in [2.05, 4.69) is 11.6 Å². The number of nitrogens with zero attached hydrogens (tertiary/aromatic N) is 2. The van der Waals surface area contributed by atoms with Gasteiger partial charge >= 0.3 is 6.18 Å². The topological polar surface area (TPSA) is 36.3 Å². The summed E-state index contributed by atoms with van der Waals surface area (Å²) in [6.45, 7) is 4.10. The number of fused-ring (bicyclic) bond motifs is 1. The highest BCUT2D eigenvalue weighted by atomic mass is 19.4. The van der Waals surface area contributed by atoms with Gasteiger partial charge in [0, 0.05) is 6.54 Å². The van der Waals surface area contributed by atoms with Gasteiger partial charge in [-0.3, -0.25) is 0 Å². The number of para-hydroxylation sites is 2. The molecule has 148 valence electrons. The third kappa shape index (κ3) is 4.30. The molecule has 0 atom stereocenters. The molecule has 4 nitrogen and oxygen atoms in total. The van der Waals surface area contributed by atoms with Gasteiger partial charge in [0.15, 0.2) is 11.5 Å². The monoisotopic (exact) mass is 390 g/mol. The van der Waals surface area contributed by atoms with Crippen molar-refractivity contribution in [3.05, 3.63) is 66.5 Å². The van der Waals surface area contributed by atoms with Gasteiger partial charge in [0.05, 0.1) is 24.8 Å². The van der Waals surface area contributed by atoms with Gasteiger partial charge in [-0.25, -0.2) is 4.98 Å². The van der Waals surface area contributed by atoms with E-state index in [1.807, 2.05) is 12.1 Å². The number of methoxy groups -OCH3 is 1. The maximum absolute atomic E-state index is 13.3. The lowest BCUT2D eigenvalue weighted by atomic mass is 10.1. The fourth-order valence-electron chi connectivity index (χ4n) is 3.05. The number of hydrogen-bond acceptors (Lipinski definition) is 3. The fourth-order valence-corrected chi connectivity index (χ4v) is 3.05. The van der Waals surface area contributed by atoms with Crippen molar-refractivity contribution in [1.29, 1.82) is 0 Å². The number of allylic oxidation sites excluding steroid dienone is 1. The summed E-state index contributed by atoms with van der Waals surface area (Å²) in [4.78, 5) is 3.74. The summed E-state index contributed by atoms with van der Waals surface area (Å²) in [5.74, 6) is 0.255. The summed E-state index contributed by atoms with van der Waals surface area (Å²) in [6, 6.07) is 12.2. The molecule has 0 N–H and O–H groups in total. The van der Waals surface area contributed by atoms with Gasteiger partial charge in [0.2, 0.25) is 5.82 Å². The van der Waals surface area contributed by atoms with Gasteiger partial charge in [0.25, 0.3) is 0 Å². The Morgan fingerprint density at radius 2 is 1.93 bits per heavy atom. The van der Waals surface area contributed by atoms with Crippen LogP contribution >= 0.6 is 0 Å². The fraction of sp³-hybridized carbons (Fsp3) is 0.286. The third-order valence-corrected chi connectivity index (χ3v) is 4.30. The Morgan fingerprint density at radius 3 is 2.64 bits per heavy atom. The average molecular weight is 390 g/mol. The molecule has 28 heavy (non-hydrogen) atoms. The largest absolute Gasteiger partial charge is 0.493 e. The van der Waals surface area contributed by atoms with E-state index in [1.54, 1.807) is 43.5 Å². The van der Waals surface area contributed by atoms with Crippen LogP contribution in [0, 0.1) is 0 Å². The normalized spacial score (nSPS) is 11.6. The first-order valence-corrected chi connectivity index (χ1v) is 8.87. The van der Waals surface area contributed by atoms with Crippen LogP contribution in [-0.2, 0) is 19.1 Å². The number of aryl methyl sites for hydroxylation is 1. The molecule has 0 saturated heterocycles. The predicted molar refractivity (Wildman–Crippen MR) is 102 cm³/mol. The maximum Gasteiger partial charge on any atom is 0.449 e. The molecular formula is C21H21F3N2O2. The van der Waals surface area contributed by atoms with E-state index in [0.717, 1.165) is 5.56 Å². The summed E-state index contributed by atoms with van der Waals surface area (Å²) in [5.41, 5.74) is 1.83. The van der Waals surface area contributed by atoms with Crippen molar-refractivity contribution < 1.29 is 22.6 Å². The summed E-state index contributed by atoms with van der Waals surface area (Å²) in [5, 5.41) is 0. The Labute approximate surface area is 161 Å². The quantitative estimate of drug-likeness (QED) is 0.389. The highest BCUT2D eigenvalue weighted by molar-refractivity contribution is 5.76. The van der Waals surface area contributed by atoms with Crippen LogP contribution in [0.15, 0.2) is 55.1 Å². The van der Waals surface area contributed by atoms with Crippen molar-refractivity contribution in [1.82, 2.24) is 9.55 Å². The van der Waals surface area contributed by atoms with Crippen molar-refractivity contribution in [3.63, 3.8) is 0 Å². The van der Waals surface area contributed by atoms with Gasteiger partial charge in [-0.05, 0) is 42.7 Å². The van der Waals surface area contributed by atoms with Crippen molar-refractivity contribution >= 4 is 11.0 Å². The van der Waals surface area contributed by atoms with Crippen LogP contribution in [0.3, 0.4) is 0 Å². The lowest BCUT2D eigenvalue weighted by Crippen LogP contribution is -2.16. The molecule has 0 bridgehead atoms. The zero-order valence-electron chi connectivity index (χ0n) is 15.5. The molecule has 0 radical (unpaired) electrons. The summed E-state index contributed by atoms with van der Waals surface area (Å²) >= 11 is 0. The Hall–Kier alpha value is -2.96. The first kappa shape index (κ1) is 19.8. The van der Waals surface area contributed by atoms with Crippen LogP contribution in [0.5, 0.6) is 11.5 Å². The van der Waals surface area contributed by atoms with E-state index >= 15 is 0 Å². The summed E-state index contributed by atoms with van der Waals surface area (Å²) in [6.07, 6.45) is -1.61. The van der Waals surface area contributed by atoms with E-state index < -0.39 is 12.0 Å². The van der Waals surface area contributed by atoms with Crippen LogP contribution in [0.25, 0.3) is 11.0 Å². The van der Waals surface area contributed by atoms with Gasteiger partial charge < -0.3 is 14.0 Å². The summed E-state index contributed by atoms with van der Waals surface area (Å²) in [7, 11) is 1.55. The second-order valence-electron chi connectivity index (χ2n) is 6.25. The van der Waals surface area contributed by atoms with Gasteiger partial charge in [-0.2, -0.15) is 13.2 Å². The molecule has 0 aliphatic carbocycles. The highest BCUT2D eigenvalue weighted by Crippen LogP contribution is 2.32. The molecule has 7 heteroatoms. The lowest BCUT2D eigenvalue weighted by molar-refractivity contribution is -0.147. The van der Waals surface area contributed by atoms with Crippen molar-refractivity contribution in [3.8, 4) is 11.5 Å². The minimum absolute atomic E-state index is 0.145. The van der Waals surface area contributed by atoms with Crippen LogP contribution in [0.4, 0.5) is 13.2 Å². The molecule has 0 fully saturated rings. The number of rotatable bonds is 8. The smallest absolute Gasteiger partial charge is 0.449 e. The van der Waals surface area contributed by atoms with E-state index in [0.29, 0.717) is 35.4 Å². The first-order chi connectivity index (χ1) is 13.4. The molecule has 0 spiro atoms. The standard InChI is InChI=1S/C21H21F3N2O2/c1-3-7-15-10-11-18(19(14-15)27-2)28-13-6-12-26-17-9-5-4-8-16(17)25-20(26)21(22,23)24/h3-5,8-11,14H,1,6-7,12-13H2,2H3. The van der Waals surface area contributed by atoms with Gasteiger partial charge in [-0.15, -0.1) is 6.58 Å². The zero-order valence-corrected chi connectivity index (χ0v) is 15.5. The van der Waals surface area contributed by atoms with Crippen LogP contribution in [-0.4, -0.2) is 23.3 Å². The second-order valence-corrected chi connectivity index (χ2v) is 6.25. The number of halogens is 3. The Balaban J connectivity index is 1.70. The Morgan fingerprint density at radius 1 is 1.14 bits per heavy atom. The average Bonchev–Trinajstić information content (AvgIpc) is 3.05. The van der Waals surface area contributed by atoms with E-state index in [-0.39, 0.29) is 13.2 Å². The lowest BCUT2D eigenvalue weighted by Gasteiger charge is -2.14. The van der Waals surface area contributed by atoms with Crippen molar-refractivity contribution in [2.24, 2.45) is 0 Å². The second kappa shape index (κ2) is 8.37. The maximum atomic E-state index is 13.3. The highest BCUT2D eigenvalue weighted by Gasteiger charge is 2.37. The molecule has 0 amide bonds. The van der Waals surface area contributed by atoms with Gasteiger partial charge in [0.1, 0.15) is 0 Å². The molecule has 0 aliphatic rings. The molecule has 3 rings (SSSR count). The minimum atomic E-state index is -4.51. The first-order valence-electron chi connectivity index (χ1n) is 8.87. The van der Waals surface area contributed by atoms with E-state index in [1.165, 1.54) is 4.57 Å². The molecular weight excluding hydrogens is 369 g/mol. The SMILES string of the molecule is C=CCc1ccc(OCCCn2c(C(F)(F)F)nc3ccccc32)c(OC)c1. The minimum Gasteiger partial charge on any atom is -0.493 e. The molecule has 0 unspecified atom stereocenters. The molecule has 1 heterocycles. The van der Waals surface area contributed by atoms with Crippen LogP contribution in [0.2, 0.25) is 0 Å². The number of aromatic nitrogens is 2. The van der Waals surface area contributed by atoms with Crippen LogP contribution in [0.1, 0.15) is 17.8 Å². The molecule has 1 aromatic heterocycles. The molecule has 0 saturated carbocycles.